The van der Waals surface area contributed by atoms with Crippen molar-refractivity contribution in [1.82, 2.24) is 5.06 Å². The van der Waals surface area contributed by atoms with E-state index in [9.17, 15) is 4.79 Å². The molecular formula is C15H15NO2. The molecule has 18 heavy (non-hydrogen) atoms. The highest BCUT2D eigenvalue weighted by Crippen LogP contribution is 2.25. The molecule has 0 saturated carbocycles. The van der Waals surface area contributed by atoms with Crippen LogP contribution in [0, 0.1) is 0 Å². The molecule has 3 nitrogen and oxygen atoms in total. The second-order valence-corrected chi connectivity index (χ2v) is 3.99. The molecule has 0 saturated heterocycles. The van der Waals surface area contributed by atoms with Crippen molar-refractivity contribution in [1.29, 1.82) is 0 Å². The van der Waals surface area contributed by atoms with E-state index < -0.39 is 0 Å². The number of likely N-dealkylation sites (N-methyl/N-ethyl adjacent to an activating group) is 1. The van der Waals surface area contributed by atoms with Gasteiger partial charge in [-0.2, -0.15) is 0 Å². The molecule has 0 aliphatic rings. The van der Waals surface area contributed by atoms with Crippen molar-refractivity contribution in [3.63, 3.8) is 0 Å². The second kappa shape index (κ2) is 5.02. The lowest BCUT2D eigenvalue weighted by molar-refractivity contribution is -0.161. The van der Waals surface area contributed by atoms with E-state index in [-0.39, 0.29) is 5.91 Å². The summed E-state index contributed by atoms with van der Waals surface area (Å²) in [6.45, 7) is 3.87. The van der Waals surface area contributed by atoms with Gasteiger partial charge < -0.3 is 0 Å². The highest BCUT2D eigenvalue weighted by atomic mass is 16.7. The summed E-state index contributed by atoms with van der Waals surface area (Å²) in [6.07, 6.45) is 0. The lowest BCUT2D eigenvalue weighted by atomic mass is 9.99. The van der Waals surface area contributed by atoms with Crippen LogP contribution in [0.15, 0.2) is 49.0 Å². The van der Waals surface area contributed by atoms with Gasteiger partial charge in [0, 0.05) is 12.6 Å². The van der Waals surface area contributed by atoms with Gasteiger partial charge in [0.05, 0.1) is 7.11 Å². The molecule has 0 fully saturated rings. The Balaban J connectivity index is 2.48. The highest BCUT2D eigenvalue weighted by Gasteiger charge is 2.15. The molecule has 0 N–H and O–H groups in total. The van der Waals surface area contributed by atoms with Gasteiger partial charge in [-0.3, -0.25) is 9.63 Å². The van der Waals surface area contributed by atoms with E-state index in [0.29, 0.717) is 5.57 Å². The maximum atomic E-state index is 12.0. The summed E-state index contributed by atoms with van der Waals surface area (Å²) in [5.74, 6) is -0.242. The third-order valence-corrected chi connectivity index (χ3v) is 2.93. The summed E-state index contributed by atoms with van der Waals surface area (Å²) < 4.78 is 0. The van der Waals surface area contributed by atoms with Crippen LogP contribution in [0.25, 0.3) is 16.3 Å². The van der Waals surface area contributed by atoms with Crippen molar-refractivity contribution in [2.75, 3.05) is 14.2 Å². The van der Waals surface area contributed by atoms with E-state index in [1.54, 1.807) is 7.05 Å². The molecule has 92 valence electrons. The molecule has 2 aromatic carbocycles. The van der Waals surface area contributed by atoms with Crippen LogP contribution in [0.3, 0.4) is 0 Å². The number of carbonyl (C=O) groups excluding carboxylic acids is 1. The average Bonchev–Trinajstić information content (AvgIpc) is 2.44. The van der Waals surface area contributed by atoms with Gasteiger partial charge in [-0.1, -0.05) is 49.0 Å². The number of benzene rings is 2. The summed E-state index contributed by atoms with van der Waals surface area (Å²) in [4.78, 5) is 16.9. The first kappa shape index (κ1) is 12.3. The van der Waals surface area contributed by atoms with Gasteiger partial charge in [0.25, 0.3) is 5.91 Å². The Bertz CT molecular complexity index is 599. The fourth-order valence-corrected chi connectivity index (χ4v) is 1.88. The normalized spacial score (nSPS) is 10.3. The molecule has 0 spiro atoms. The maximum Gasteiger partial charge on any atom is 0.277 e. The minimum atomic E-state index is -0.242. The SMILES string of the molecule is C=C(C(=O)N(C)OC)c1cccc2ccccc12. The fraction of sp³-hybridized carbons (Fsp3) is 0.133. The molecule has 2 rings (SSSR count). The lowest BCUT2D eigenvalue weighted by Gasteiger charge is -2.16. The predicted molar refractivity (Wildman–Crippen MR) is 72.8 cm³/mol. The van der Waals surface area contributed by atoms with Gasteiger partial charge in [0.2, 0.25) is 0 Å². The molecule has 0 aliphatic heterocycles. The lowest BCUT2D eigenvalue weighted by Crippen LogP contribution is -2.25. The standard InChI is InChI=1S/C15H15NO2/c1-11(15(17)16(2)18-3)13-10-6-8-12-7-4-5-9-14(12)13/h4-10H,1H2,2-3H3. The number of amides is 1. The number of rotatable bonds is 3. The molecule has 2 aromatic rings. The van der Waals surface area contributed by atoms with E-state index in [0.717, 1.165) is 16.3 Å². The van der Waals surface area contributed by atoms with Crippen molar-refractivity contribution in [3.8, 4) is 0 Å². The van der Waals surface area contributed by atoms with Gasteiger partial charge >= 0.3 is 0 Å². The van der Waals surface area contributed by atoms with Crippen LogP contribution in [-0.2, 0) is 9.63 Å². The Labute approximate surface area is 106 Å². The topological polar surface area (TPSA) is 29.5 Å². The summed E-state index contributed by atoms with van der Waals surface area (Å²) >= 11 is 0. The molecule has 0 bridgehead atoms. The molecule has 0 radical (unpaired) electrons. The Hall–Kier alpha value is -2.13. The Morgan fingerprint density at radius 2 is 1.83 bits per heavy atom. The molecule has 0 aromatic heterocycles. The third-order valence-electron chi connectivity index (χ3n) is 2.93. The van der Waals surface area contributed by atoms with Crippen LogP contribution in [-0.4, -0.2) is 25.1 Å². The van der Waals surface area contributed by atoms with Crippen molar-refractivity contribution in [3.05, 3.63) is 54.6 Å². The van der Waals surface area contributed by atoms with E-state index >= 15 is 0 Å². The van der Waals surface area contributed by atoms with Crippen molar-refractivity contribution < 1.29 is 9.63 Å². The number of carbonyl (C=O) groups is 1. The summed E-state index contributed by atoms with van der Waals surface area (Å²) in [7, 11) is 3.02. The van der Waals surface area contributed by atoms with Gasteiger partial charge in [-0.05, 0) is 16.3 Å². The van der Waals surface area contributed by atoms with Gasteiger partial charge in [0.1, 0.15) is 0 Å². The molecule has 1 amide bonds. The molecule has 0 aliphatic carbocycles. The van der Waals surface area contributed by atoms with Crippen LogP contribution in [0.2, 0.25) is 0 Å². The Morgan fingerprint density at radius 3 is 2.56 bits per heavy atom. The number of hydroxylamine groups is 2. The zero-order chi connectivity index (χ0) is 13.1. The Morgan fingerprint density at radius 1 is 1.17 bits per heavy atom. The average molecular weight is 241 g/mol. The van der Waals surface area contributed by atoms with Crippen LogP contribution in [0.5, 0.6) is 0 Å². The van der Waals surface area contributed by atoms with E-state index in [1.807, 2.05) is 42.5 Å². The fourth-order valence-electron chi connectivity index (χ4n) is 1.88. The van der Waals surface area contributed by atoms with Gasteiger partial charge in [-0.15, -0.1) is 0 Å². The first-order valence-corrected chi connectivity index (χ1v) is 5.64. The van der Waals surface area contributed by atoms with E-state index in [1.165, 1.54) is 12.2 Å². The first-order chi connectivity index (χ1) is 8.65. The molecule has 0 unspecified atom stereocenters. The highest BCUT2D eigenvalue weighted by molar-refractivity contribution is 6.21. The zero-order valence-corrected chi connectivity index (χ0v) is 10.5. The minimum Gasteiger partial charge on any atom is -0.274 e. The van der Waals surface area contributed by atoms with Crippen molar-refractivity contribution in [2.45, 2.75) is 0 Å². The monoisotopic (exact) mass is 241 g/mol. The number of nitrogens with zero attached hydrogens (tertiary/aromatic N) is 1. The molecule has 3 heteroatoms. The van der Waals surface area contributed by atoms with Crippen LogP contribution < -0.4 is 0 Å². The van der Waals surface area contributed by atoms with E-state index in [4.69, 9.17) is 4.84 Å². The number of fused-ring (bicyclic) bond motifs is 1. The molecule has 0 heterocycles. The Kier molecular flexibility index (Phi) is 3.44. The smallest absolute Gasteiger partial charge is 0.274 e. The molecule has 0 atom stereocenters. The summed E-state index contributed by atoms with van der Waals surface area (Å²) in [6, 6.07) is 13.7. The summed E-state index contributed by atoms with van der Waals surface area (Å²) in [5.41, 5.74) is 1.26. The number of hydrogen-bond acceptors (Lipinski definition) is 2. The summed E-state index contributed by atoms with van der Waals surface area (Å²) in [5, 5.41) is 3.27. The van der Waals surface area contributed by atoms with Gasteiger partial charge in [0.15, 0.2) is 0 Å². The third kappa shape index (κ3) is 2.13. The predicted octanol–water partition coefficient (Wildman–Crippen LogP) is 2.87. The van der Waals surface area contributed by atoms with E-state index in [2.05, 4.69) is 6.58 Å². The van der Waals surface area contributed by atoms with Crippen LogP contribution in [0.1, 0.15) is 5.56 Å². The van der Waals surface area contributed by atoms with Crippen molar-refractivity contribution >= 4 is 22.3 Å². The first-order valence-electron chi connectivity index (χ1n) is 5.64. The largest absolute Gasteiger partial charge is 0.277 e. The second-order valence-electron chi connectivity index (χ2n) is 3.99. The maximum absolute atomic E-state index is 12.0. The van der Waals surface area contributed by atoms with Crippen molar-refractivity contribution in [2.24, 2.45) is 0 Å². The quantitative estimate of drug-likeness (QED) is 0.611. The zero-order valence-electron chi connectivity index (χ0n) is 10.5. The van der Waals surface area contributed by atoms with Crippen LogP contribution in [0.4, 0.5) is 0 Å². The molecular weight excluding hydrogens is 226 g/mol. The van der Waals surface area contributed by atoms with Gasteiger partial charge in [-0.25, -0.2) is 5.06 Å². The minimum absolute atomic E-state index is 0.242. The number of hydrogen-bond donors (Lipinski definition) is 0. The van der Waals surface area contributed by atoms with Crippen LogP contribution >= 0.6 is 0 Å².